The first-order valence-electron chi connectivity index (χ1n) is 7.18. The Morgan fingerprint density at radius 3 is 2.67 bits per heavy atom. The Morgan fingerprint density at radius 2 is 2.00 bits per heavy atom. The monoisotopic (exact) mass is 245 g/mol. The zero-order valence-corrected chi connectivity index (χ0v) is 11.2. The SMILES string of the molecule is Cc1ccc(CN)c(N2CC3CCCC(C3)C2)n1. The van der Waals surface area contributed by atoms with Crippen molar-refractivity contribution >= 4 is 5.82 Å². The lowest BCUT2D eigenvalue weighted by Crippen LogP contribution is -2.43. The molecular formula is C15H23N3. The van der Waals surface area contributed by atoms with Gasteiger partial charge in [-0.1, -0.05) is 12.5 Å². The standard InChI is InChI=1S/C15H23N3/c1-11-5-6-14(8-16)15(17-11)18-9-12-3-2-4-13(7-12)10-18/h5-6,12-13H,2-4,7-10,16H2,1H3. The van der Waals surface area contributed by atoms with E-state index in [0.29, 0.717) is 6.54 Å². The van der Waals surface area contributed by atoms with Gasteiger partial charge in [0.15, 0.2) is 0 Å². The molecule has 2 N–H and O–H groups in total. The molecule has 2 heterocycles. The number of aryl methyl sites for hydroxylation is 1. The van der Waals surface area contributed by atoms with Crippen molar-refractivity contribution in [2.75, 3.05) is 18.0 Å². The first kappa shape index (κ1) is 12.0. The minimum Gasteiger partial charge on any atom is -0.356 e. The van der Waals surface area contributed by atoms with Crippen LogP contribution in [0.4, 0.5) is 5.82 Å². The molecule has 1 saturated carbocycles. The summed E-state index contributed by atoms with van der Waals surface area (Å²) in [5, 5.41) is 0. The normalized spacial score (nSPS) is 27.3. The van der Waals surface area contributed by atoms with Crippen LogP contribution in [0, 0.1) is 18.8 Å². The van der Waals surface area contributed by atoms with Crippen LogP contribution < -0.4 is 10.6 Å². The molecule has 0 amide bonds. The van der Waals surface area contributed by atoms with Gasteiger partial charge in [-0.15, -0.1) is 0 Å². The predicted octanol–water partition coefficient (Wildman–Crippen LogP) is 2.48. The van der Waals surface area contributed by atoms with E-state index in [1.165, 1.54) is 44.3 Å². The summed E-state index contributed by atoms with van der Waals surface area (Å²) in [6.07, 6.45) is 5.65. The highest BCUT2D eigenvalue weighted by molar-refractivity contribution is 5.48. The van der Waals surface area contributed by atoms with Crippen molar-refractivity contribution in [1.29, 1.82) is 0 Å². The molecule has 2 fully saturated rings. The minimum absolute atomic E-state index is 0.592. The highest BCUT2D eigenvalue weighted by Gasteiger charge is 2.31. The fourth-order valence-electron chi connectivity index (χ4n) is 3.61. The van der Waals surface area contributed by atoms with Gasteiger partial charge in [0.1, 0.15) is 5.82 Å². The maximum atomic E-state index is 5.86. The molecule has 98 valence electrons. The van der Waals surface area contributed by atoms with E-state index in [4.69, 9.17) is 10.7 Å². The topological polar surface area (TPSA) is 42.1 Å². The molecule has 1 aromatic rings. The number of anilines is 1. The van der Waals surface area contributed by atoms with Crippen LogP contribution in [0.1, 0.15) is 36.9 Å². The second kappa shape index (κ2) is 4.88. The number of piperidine rings is 1. The molecule has 3 nitrogen and oxygen atoms in total. The number of pyridine rings is 1. The maximum Gasteiger partial charge on any atom is 0.133 e. The van der Waals surface area contributed by atoms with Crippen molar-refractivity contribution in [2.45, 2.75) is 39.2 Å². The van der Waals surface area contributed by atoms with Crippen molar-refractivity contribution in [2.24, 2.45) is 17.6 Å². The zero-order valence-electron chi connectivity index (χ0n) is 11.2. The van der Waals surface area contributed by atoms with Crippen LogP contribution in [0.5, 0.6) is 0 Å². The Bertz CT molecular complexity index is 418. The Labute approximate surface area is 109 Å². The van der Waals surface area contributed by atoms with Gasteiger partial charge in [0.2, 0.25) is 0 Å². The average molecular weight is 245 g/mol. The summed E-state index contributed by atoms with van der Waals surface area (Å²) in [6.45, 7) is 5.02. The molecular weight excluding hydrogens is 222 g/mol. The lowest BCUT2D eigenvalue weighted by Gasteiger charge is -2.42. The van der Waals surface area contributed by atoms with Crippen molar-refractivity contribution in [3.63, 3.8) is 0 Å². The molecule has 0 aromatic carbocycles. The highest BCUT2D eigenvalue weighted by atomic mass is 15.2. The van der Waals surface area contributed by atoms with Gasteiger partial charge in [-0.2, -0.15) is 0 Å². The molecule has 1 saturated heterocycles. The van der Waals surface area contributed by atoms with E-state index >= 15 is 0 Å². The molecule has 2 unspecified atom stereocenters. The molecule has 3 rings (SSSR count). The second-order valence-electron chi connectivity index (χ2n) is 5.94. The van der Waals surface area contributed by atoms with Gasteiger partial charge in [0.05, 0.1) is 0 Å². The van der Waals surface area contributed by atoms with Gasteiger partial charge in [-0.3, -0.25) is 0 Å². The van der Waals surface area contributed by atoms with E-state index in [1.54, 1.807) is 0 Å². The van der Waals surface area contributed by atoms with Crippen LogP contribution in [0.3, 0.4) is 0 Å². The number of rotatable bonds is 2. The van der Waals surface area contributed by atoms with Gasteiger partial charge in [0, 0.05) is 30.9 Å². The summed E-state index contributed by atoms with van der Waals surface area (Å²) in [7, 11) is 0. The van der Waals surface area contributed by atoms with Gasteiger partial charge in [0.25, 0.3) is 0 Å². The summed E-state index contributed by atoms with van der Waals surface area (Å²) in [4.78, 5) is 7.23. The van der Waals surface area contributed by atoms with Crippen molar-refractivity contribution < 1.29 is 0 Å². The van der Waals surface area contributed by atoms with Crippen molar-refractivity contribution in [1.82, 2.24) is 4.98 Å². The summed E-state index contributed by atoms with van der Waals surface area (Å²) >= 11 is 0. The first-order chi connectivity index (χ1) is 8.76. The van der Waals surface area contributed by atoms with Gasteiger partial charge >= 0.3 is 0 Å². The lowest BCUT2D eigenvalue weighted by molar-refractivity contribution is 0.230. The Balaban J connectivity index is 1.87. The Hall–Kier alpha value is -1.09. The van der Waals surface area contributed by atoms with E-state index in [0.717, 1.165) is 23.3 Å². The smallest absolute Gasteiger partial charge is 0.133 e. The molecule has 2 atom stereocenters. The fourth-order valence-corrected chi connectivity index (χ4v) is 3.61. The third-order valence-corrected chi connectivity index (χ3v) is 4.46. The summed E-state index contributed by atoms with van der Waals surface area (Å²) < 4.78 is 0. The predicted molar refractivity (Wildman–Crippen MR) is 74.5 cm³/mol. The van der Waals surface area contributed by atoms with Gasteiger partial charge in [-0.25, -0.2) is 4.98 Å². The van der Waals surface area contributed by atoms with E-state index in [9.17, 15) is 0 Å². The molecule has 0 radical (unpaired) electrons. The molecule has 1 aliphatic heterocycles. The van der Waals surface area contributed by atoms with Gasteiger partial charge < -0.3 is 10.6 Å². The van der Waals surface area contributed by atoms with Crippen molar-refractivity contribution in [3.05, 3.63) is 23.4 Å². The number of fused-ring (bicyclic) bond motifs is 2. The van der Waals surface area contributed by atoms with E-state index < -0.39 is 0 Å². The number of aromatic nitrogens is 1. The maximum absolute atomic E-state index is 5.86. The second-order valence-corrected chi connectivity index (χ2v) is 5.94. The summed E-state index contributed by atoms with van der Waals surface area (Å²) in [5.74, 6) is 2.91. The fraction of sp³-hybridized carbons (Fsp3) is 0.667. The third kappa shape index (κ3) is 2.24. The van der Waals surface area contributed by atoms with Crippen LogP contribution in [-0.4, -0.2) is 18.1 Å². The first-order valence-corrected chi connectivity index (χ1v) is 7.18. The average Bonchev–Trinajstić information content (AvgIpc) is 2.38. The summed E-state index contributed by atoms with van der Waals surface area (Å²) in [6, 6.07) is 4.21. The number of nitrogens with two attached hydrogens (primary N) is 1. The number of hydrogen-bond acceptors (Lipinski definition) is 3. The quantitative estimate of drug-likeness (QED) is 0.870. The van der Waals surface area contributed by atoms with Gasteiger partial charge in [-0.05, 0) is 44.1 Å². The molecule has 3 heteroatoms. The van der Waals surface area contributed by atoms with Crippen LogP contribution >= 0.6 is 0 Å². The zero-order chi connectivity index (χ0) is 12.5. The Kier molecular flexibility index (Phi) is 3.25. The summed E-state index contributed by atoms with van der Waals surface area (Å²) in [5.41, 5.74) is 8.15. The van der Waals surface area contributed by atoms with Crippen LogP contribution in [0.2, 0.25) is 0 Å². The van der Waals surface area contributed by atoms with Crippen LogP contribution in [0.25, 0.3) is 0 Å². The third-order valence-electron chi connectivity index (χ3n) is 4.46. The van der Waals surface area contributed by atoms with E-state index in [2.05, 4.69) is 24.0 Å². The van der Waals surface area contributed by atoms with E-state index in [-0.39, 0.29) is 0 Å². The molecule has 0 spiro atoms. The number of hydrogen-bond donors (Lipinski definition) is 1. The molecule has 1 aromatic heterocycles. The molecule has 2 aliphatic rings. The largest absolute Gasteiger partial charge is 0.356 e. The van der Waals surface area contributed by atoms with Crippen LogP contribution in [-0.2, 0) is 6.54 Å². The minimum atomic E-state index is 0.592. The highest BCUT2D eigenvalue weighted by Crippen LogP contribution is 2.36. The molecule has 1 aliphatic carbocycles. The van der Waals surface area contributed by atoms with Crippen molar-refractivity contribution in [3.8, 4) is 0 Å². The number of nitrogens with zero attached hydrogens (tertiary/aromatic N) is 2. The molecule has 2 bridgehead atoms. The Morgan fingerprint density at radius 1 is 1.28 bits per heavy atom. The van der Waals surface area contributed by atoms with E-state index in [1.807, 2.05) is 0 Å². The van der Waals surface area contributed by atoms with Crippen LogP contribution in [0.15, 0.2) is 12.1 Å². The molecule has 18 heavy (non-hydrogen) atoms. The lowest BCUT2D eigenvalue weighted by atomic mass is 9.78.